The van der Waals surface area contributed by atoms with E-state index in [0.717, 1.165) is 77.0 Å². The smallest absolute Gasteiger partial charge is 0.390 e. The highest BCUT2D eigenvalue weighted by Crippen LogP contribution is 2.43. The Morgan fingerprint density at radius 1 is 0.706 bits per heavy atom. The summed E-state index contributed by atoms with van der Waals surface area (Å²) in [5.74, 6) is -0.294. The molecule has 0 saturated heterocycles. The maximum absolute atomic E-state index is 12.8. The monoisotopic (exact) mass is 740 g/mol. The lowest BCUT2D eigenvalue weighted by Crippen LogP contribution is -2.51. The zero-order valence-electron chi connectivity index (χ0n) is 32.9. The molecular formula is C41H76N2O7P+. The second-order valence-corrected chi connectivity index (χ2v) is 15.8. The normalized spacial score (nSPS) is 15.8. The van der Waals surface area contributed by atoms with Crippen LogP contribution in [0.25, 0.3) is 0 Å². The lowest BCUT2D eigenvalue weighted by atomic mass is 10.0. The van der Waals surface area contributed by atoms with E-state index < -0.39 is 32.7 Å². The van der Waals surface area contributed by atoms with Gasteiger partial charge in [-0.15, -0.1) is 0 Å². The molecule has 0 aliphatic heterocycles. The van der Waals surface area contributed by atoms with Gasteiger partial charge < -0.3 is 24.9 Å². The third-order valence-electron chi connectivity index (χ3n) is 8.32. The molecule has 0 bridgehead atoms. The van der Waals surface area contributed by atoms with Gasteiger partial charge >= 0.3 is 7.82 Å². The van der Waals surface area contributed by atoms with E-state index in [0.29, 0.717) is 30.3 Å². The fourth-order valence-corrected chi connectivity index (χ4v) is 5.85. The standard InChI is InChI=1S/C41H75N2O7P/c1-6-8-10-12-14-16-18-20-21-22-24-26-28-30-32-34-40(45)42-38(37-50-51(47,48)49-36-35-43(3,4)5)41(46)39(44)33-31-29-27-25-23-19-17-15-13-11-9-7-2/h8,10,14-17,20-21,25,27,38-39,41,44,46H,6-7,9,11-13,18-19,22-24,26,28-37H2,1-5H3,(H-,42,45,47,48)/p+1/b10-8-,16-14-,17-15+,21-20-,27-25+. The van der Waals surface area contributed by atoms with Crippen molar-refractivity contribution in [2.24, 2.45) is 0 Å². The molecule has 0 aliphatic rings. The van der Waals surface area contributed by atoms with Gasteiger partial charge in [-0.1, -0.05) is 107 Å². The van der Waals surface area contributed by atoms with Crippen LogP contribution in [0, 0.1) is 0 Å². The van der Waals surface area contributed by atoms with Gasteiger partial charge in [0.1, 0.15) is 19.3 Å². The van der Waals surface area contributed by atoms with E-state index >= 15 is 0 Å². The van der Waals surface area contributed by atoms with Crippen molar-refractivity contribution in [3.63, 3.8) is 0 Å². The first-order chi connectivity index (χ1) is 24.4. The molecule has 4 N–H and O–H groups in total. The number of hydrogen-bond donors (Lipinski definition) is 4. The zero-order valence-corrected chi connectivity index (χ0v) is 33.8. The first-order valence-electron chi connectivity index (χ1n) is 19.7. The molecule has 296 valence electrons. The first kappa shape index (κ1) is 49.2. The molecule has 0 spiro atoms. The number of amides is 1. The summed E-state index contributed by atoms with van der Waals surface area (Å²) in [6.07, 6.45) is 37.1. The highest BCUT2D eigenvalue weighted by Gasteiger charge is 2.31. The van der Waals surface area contributed by atoms with E-state index in [4.69, 9.17) is 9.05 Å². The van der Waals surface area contributed by atoms with Gasteiger partial charge in [-0.3, -0.25) is 13.8 Å². The second kappa shape index (κ2) is 32.8. The number of quaternary nitrogens is 1. The summed E-state index contributed by atoms with van der Waals surface area (Å²) in [5.41, 5.74) is 0. The van der Waals surface area contributed by atoms with Gasteiger partial charge in [0.15, 0.2) is 0 Å². The maximum atomic E-state index is 12.8. The van der Waals surface area contributed by atoms with E-state index in [9.17, 15) is 24.5 Å². The van der Waals surface area contributed by atoms with Crippen LogP contribution in [0.1, 0.15) is 136 Å². The summed E-state index contributed by atoms with van der Waals surface area (Å²) in [7, 11) is 1.38. The van der Waals surface area contributed by atoms with Crippen molar-refractivity contribution in [2.75, 3.05) is 40.9 Å². The number of phosphoric acid groups is 1. The number of aliphatic hydroxyl groups is 2. The summed E-state index contributed by atoms with van der Waals surface area (Å²) in [5, 5.41) is 24.5. The van der Waals surface area contributed by atoms with Crippen LogP contribution in [0.3, 0.4) is 0 Å². The molecule has 0 rings (SSSR count). The molecule has 4 atom stereocenters. The number of nitrogens with one attached hydrogen (secondary N) is 1. The van der Waals surface area contributed by atoms with Gasteiger partial charge in [0.25, 0.3) is 0 Å². The number of carbonyl (C=O) groups excluding carboxylic acids is 1. The summed E-state index contributed by atoms with van der Waals surface area (Å²) >= 11 is 0. The van der Waals surface area contributed by atoms with Crippen molar-refractivity contribution in [2.45, 2.75) is 154 Å². The van der Waals surface area contributed by atoms with Crippen LogP contribution in [0.4, 0.5) is 0 Å². The lowest BCUT2D eigenvalue weighted by molar-refractivity contribution is -0.870. The van der Waals surface area contributed by atoms with Crippen LogP contribution in [-0.2, 0) is 18.4 Å². The SMILES string of the molecule is CC/C=C\C/C=C\C/C=C\CCCCCCCC(=O)NC(COP(=O)(O)OCC[N+](C)(C)C)C(O)C(O)CCC/C=C/CC/C=C/CCCCC. The number of carbonyl (C=O) groups is 1. The average molecular weight is 740 g/mol. The van der Waals surface area contributed by atoms with Crippen LogP contribution >= 0.6 is 7.82 Å². The molecular weight excluding hydrogens is 663 g/mol. The molecule has 0 aliphatic carbocycles. The zero-order chi connectivity index (χ0) is 38.1. The minimum Gasteiger partial charge on any atom is -0.390 e. The Bertz CT molecular complexity index is 1040. The number of aliphatic hydroxyl groups excluding tert-OH is 2. The molecule has 0 fully saturated rings. The molecule has 1 amide bonds. The van der Waals surface area contributed by atoms with Gasteiger partial charge in [0.05, 0.1) is 39.9 Å². The third-order valence-corrected chi connectivity index (χ3v) is 9.30. The largest absolute Gasteiger partial charge is 0.472 e. The number of rotatable bonds is 34. The lowest BCUT2D eigenvalue weighted by Gasteiger charge is -2.28. The highest BCUT2D eigenvalue weighted by molar-refractivity contribution is 7.47. The van der Waals surface area contributed by atoms with Gasteiger partial charge in [0.2, 0.25) is 5.91 Å². The predicted molar refractivity (Wildman–Crippen MR) is 213 cm³/mol. The van der Waals surface area contributed by atoms with Crippen molar-refractivity contribution in [1.29, 1.82) is 0 Å². The molecule has 0 aromatic rings. The number of allylic oxidation sites excluding steroid dienone is 10. The minimum atomic E-state index is -4.43. The molecule has 10 heteroatoms. The molecule has 0 aromatic carbocycles. The predicted octanol–water partition coefficient (Wildman–Crippen LogP) is 9.27. The Hall–Kier alpha value is -1.84. The van der Waals surface area contributed by atoms with Crippen LogP contribution in [-0.4, -0.2) is 84.6 Å². The number of hydrogen-bond acceptors (Lipinski definition) is 6. The first-order valence-corrected chi connectivity index (χ1v) is 21.2. The van der Waals surface area contributed by atoms with Gasteiger partial charge in [-0.05, 0) is 83.5 Å². The van der Waals surface area contributed by atoms with E-state index in [2.05, 4.69) is 79.9 Å². The van der Waals surface area contributed by atoms with Crippen LogP contribution in [0.2, 0.25) is 0 Å². The Morgan fingerprint density at radius 2 is 1.24 bits per heavy atom. The maximum Gasteiger partial charge on any atom is 0.472 e. The molecule has 4 unspecified atom stereocenters. The van der Waals surface area contributed by atoms with Crippen molar-refractivity contribution in [3.8, 4) is 0 Å². The van der Waals surface area contributed by atoms with Crippen molar-refractivity contribution in [3.05, 3.63) is 60.8 Å². The summed E-state index contributed by atoms with van der Waals surface area (Å²) in [6, 6.07) is -1.07. The van der Waals surface area contributed by atoms with Crippen molar-refractivity contribution < 1.29 is 38.0 Å². The van der Waals surface area contributed by atoms with Crippen LogP contribution in [0.5, 0.6) is 0 Å². The third kappa shape index (κ3) is 33.7. The molecule has 0 heterocycles. The number of likely N-dealkylation sites (N-methyl/N-ethyl adjacent to an activating group) is 1. The van der Waals surface area contributed by atoms with E-state index in [-0.39, 0.29) is 18.9 Å². The Morgan fingerprint density at radius 3 is 1.86 bits per heavy atom. The van der Waals surface area contributed by atoms with E-state index in [1.54, 1.807) is 0 Å². The molecule has 0 saturated carbocycles. The number of nitrogens with zero attached hydrogens (tertiary/aromatic N) is 1. The number of unbranched alkanes of at least 4 members (excludes halogenated alkanes) is 10. The topological polar surface area (TPSA) is 125 Å². The Kier molecular flexibility index (Phi) is 31.6. The summed E-state index contributed by atoms with van der Waals surface area (Å²) in [4.78, 5) is 23.1. The summed E-state index contributed by atoms with van der Waals surface area (Å²) < 4.78 is 23.4. The molecule has 51 heavy (non-hydrogen) atoms. The quantitative estimate of drug-likeness (QED) is 0.0224. The second-order valence-electron chi connectivity index (χ2n) is 14.4. The van der Waals surface area contributed by atoms with E-state index in [1.165, 1.54) is 19.3 Å². The van der Waals surface area contributed by atoms with Gasteiger partial charge in [-0.25, -0.2) is 4.57 Å². The summed E-state index contributed by atoms with van der Waals surface area (Å²) in [6.45, 7) is 4.38. The molecule has 9 nitrogen and oxygen atoms in total. The van der Waals surface area contributed by atoms with E-state index in [1.807, 2.05) is 21.1 Å². The number of phosphoric ester groups is 1. The van der Waals surface area contributed by atoms with Crippen molar-refractivity contribution in [1.82, 2.24) is 5.32 Å². The fraction of sp³-hybridized carbons (Fsp3) is 0.732. The molecule has 0 aromatic heterocycles. The molecule has 0 radical (unpaired) electrons. The Balaban J connectivity index is 4.70. The minimum absolute atomic E-state index is 0.00702. The van der Waals surface area contributed by atoms with Gasteiger partial charge in [0, 0.05) is 6.42 Å². The van der Waals surface area contributed by atoms with Gasteiger partial charge in [-0.2, -0.15) is 0 Å². The van der Waals surface area contributed by atoms with Crippen LogP contribution in [0.15, 0.2) is 60.8 Å². The van der Waals surface area contributed by atoms with Crippen LogP contribution < -0.4 is 5.32 Å². The fourth-order valence-electron chi connectivity index (χ4n) is 5.11. The average Bonchev–Trinajstić information content (AvgIpc) is 3.07. The Labute approximate surface area is 312 Å². The highest BCUT2D eigenvalue weighted by atomic mass is 31.2. The van der Waals surface area contributed by atoms with Crippen molar-refractivity contribution >= 4 is 13.7 Å².